The van der Waals surface area contributed by atoms with Gasteiger partial charge in [-0.2, -0.15) is 5.26 Å². The van der Waals surface area contributed by atoms with Crippen molar-refractivity contribution in [3.8, 4) is 22.9 Å². The van der Waals surface area contributed by atoms with Crippen LogP contribution in [-0.4, -0.2) is 11.3 Å². The highest BCUT2D eigenvalue weighted by molar-refractivity contribution is 7.00. The van der Waals surface area contributed by atoms with Gasteiger partial charge in [-0.1, -0.05) is 84.9 Å². The summed E-state index contributed by atoms with van der Waals surface area (Å²) in [5.74, 6) is 0. The summed E-state index contributed by atoms with van der Waals surface area (Å²) in [6, 6.07) is 50.0. The van der Waals surface area contributed by atoms with Gasteiger partial charge in [0.05, 0.1) is 17.1 Å². The van der Waals surface area contributed by atoms with Gasteiger partial charge < -0.3 is 9.47 Å². The summed E-state index contributed by atoms with van der Waals surface area (Å²) in [5.41, 5.74) is 14.0. The number of rotatable bonds is 2. The average molecular weight is 519 g/mol. The Bertz CT molecular complexity index is 2240. The van der Waals surface area contributed by atoms with E-state index in [1.807, 2.05) is 18.2 Å². The molecule has 9 rings (SSSR count). The van der Waals surface area contributed by atoms with Crippen LogP contribution in [0.5, 0.6) is 0 Å². The molecular formula is C37H22BN3. The van der Waals surface area contributed by atoms with E-state index in [0.29, 0.717) is 5.56 Å². The van der Waals surface area contributed by atoms with Crippen molar-refractivity contribution in [3.63, 3.8) is 0 Å². The highest BCUT2D eigenvalue weighted by atomic mass is 15.2. The summed E-state index contributed by atoms with van der Waals surface area (Å²) in [6.45, 7) is 0.108. The summed E-state index contributed by atoms with van der Waals surface area (Å²) in [6.07, 6.45) is 0. The molecule has 188 valence electrons. The zero-order valence-electron chi connectivity index (χ0n) is 22.1. The summed E-state index contributed by atoms with van der Waals surface area (Å²) in [5, 5.41) is 12.2. The molecule has 2 aliphatic heterocycles. The first-order valence-electron chi connectivity index (χ1n) is 14.0. The van der Waals surface area contributed by atoms with Gasteiger partial charge >= 0.3 is 0 Å². The highest BCUT2D eigenvalue weighted by Crippen LogP contribution is 2.43. The second-order valence-corrected chi connectivity index (χ2v) is 10.9. The van der Waals surface area contributed by atoms with Crippen LogP contribution in [0.4, 0.5) is 17.1 Å². The third-order valence-corrected chi connectivity index (χ3v) is 8.77. The van der Waals surface area contributed by atoms with Crippen molar-refractivity contribution in [3.05, 3.63) is 139 Å². The molecule has 7 aromatic rings. The molecule has 6 aromatic carbocycles. The van der Waals surface area contributed by atoms with Crippen LogP contribution in [0, 0.1) is 11.3 Å². The lowest BCUT2D eigenvalue weighted by Crippen LogP contribution is -2.60. The van der Waals surface area contributed by atoms with E-state index in [1.165, 1.54) is 55.3 Å². The number of benzene rings is 6. The molecule has 4 heteroatoms. The molecule has 0 amide bonds. The minimum Gasteiger partial charge on any atom is -0.311 e. The van der Waals surface area contributed by atoms with Crippen molar-refractivity contribution >= 4 is 62.0 Å². The number of aromatic nitrogens is 1. The SMILES string of the molecule is N#Cc1cccc(-c2cc3c4c(c2)-n2c5ccccc5c5cccc(c52)B4c2ccccc2N3c2ccccc2)c1. The summed E-state index contributed by atoms with van der Waals surface area (Å²) in [7, 11) is 0. The van der Waals surface area contributed by atoms with Crippen molar-refractivity contribution in [2.45, 2.75) is 0 Å². The molecule has 41 heavy (non-hydrogen) atoms. The monoisotopic (exact) mass is 519 g/mol. The predicted octanol–water partition coefficient (Wildman–Crippen LogP) is 6.94. The van der Waals surface area contributed by atoms with Gasteiger partial charge in [0.25, 0.3) is 6.71 Å². The summed E-state index contributed by atoms with van der Waals surface area (Å²) >= 11 is 0. The fourth-order valence-electron chi connectivity index (χ4n) is 7.15. The summed E-state index contributed by atoms with van der Waals surface area (Å²) < 4.78 is 2.48. The number of nitriles is 1. The van der Waals surface area contributed by atoms with Gasteiger partial charge in [-0.15, -0.1) is 0 Å². The van der Waals surface area contributed by atoms with Crippen LogP contribution in [0.1, 0.15) is 5.56 Å². The lowest BCUT2D eigenvalue weighted by molar-refractivity contribution is 1.18. The molecule has 3 heterocycles. The third kappa shape index (κ3) is 2.98. The normalized spacial score (nSPS) is 12.8. The van der Waals surface area contributed by atoms with Crippen LogP contribution in [0.2, 0.25) is 0 Å². The van der Waals surface area contributed by atoms with Crippen molar-refractivity contribution in [2.75, 3.05) is 4.90 Å². The summed E-state index contributed by atoms with van der Waals surface area (Å²) in [4.78, 5) is 2.42. The molecule has 2 aliphatic rings. The second kappa shape index (κ2) is 8.24. The zero-order chi connectivity index (χ0) is 27.1. The number of anilines is 3. The Balaban J connectivity index is 1.48. The molecule has 0 N–H and O–H groups in total. The van der Waals surface area contributed by atoms with E-state index in [4.69, 9.17) is 0 Å². The molecule has 0 unspecified atom stereocenters. The van der Waals surface area contributed by atoms with Gasteiger partial charge in [-0.25, -0.2) is 0 Å². The van der Waals surface area contributed by atoms with Gasteiger partial charge in [-0.3, -0.25) is 0 Å². The first-order chi connectivity index (χ1) is 20.3. The highest BCUT2D eigenvalue weighted by Gasteiger charge is 2.42. The topological polar surface area (TPSA) is 32.0 Å². The molecule has 3 nitrogen and oxygen atoms in total. The van der Waals surface area contributed by atoms with Crippen molar-refractivity contribution in [2.24, 2.45) is 0 Å². The Labute approximate surface area is 238 Å². The fraction of sp³-hybridized carbons (Fsp3) is 0. The Kier molecular flexibility index (Phi) is 4.48. The fourth-order valence-corrected chi connectivity index (χ4v) is 7.15. The van der Waals surface area contributed by atoms with Crippen LogP contribution in [-0.2, 0) is 0 Å². The molecule has 0 saturated heterocycles. The van der Waals surface area contributed by atoms with Crippen LogP contribution < -0.4 is 21.3 Å². The predicted molar refractivity (Wildman–Crippen MR) is 170 cm³/mol. The van der Waals surface area contributed by atoms with Crippen LogP contribution >= 0.6 is 0 Å². The largest absolute Gasteiger partial charge is 0.311 e. The van der Waals surface area contributed by atoms with Gasteiger partial charge in [-0.05, 0) is 76.0 Å². The van der Waals surface area contributed by atoms with Crippen molar-refractivity contribution < 1.29 is 0 Å². The number of para-hydroxylation sites is 4. The number of nitrogens with zero attached hydrogens (tertiary/aromatic N) is 3. The maximum absolute atomic E-state index is 9.68. The Morgan fingerprint density at radius 1 is 0.561 bits per heavy atom. The average Bonchev–Trinajstić information content (AvgIpc) is 3.38. The van der Waals surface area contributed by atoms with E-state index >= 15 is 0 Å². The quantitative estimate of drug-likeness (QED) is 0.232. The minimum atomic E-state index is 0.108. The zero-order valence-corrected chi connectivity index (χ0v) is 22.1. The second-order valence-electron chi connectivity index (χ2n) is 10.9. The van der Waals surface area contributed by atoms with Gasteiger partial charge in [0.1, 0.15) is 0 Å². The first kappa shape index (κ1) is 22.3. The Morgan fingerprint density at radius 2 is 1.29 bits per heavy atom. The van der Waals surface area contributed by atoms with E-state index in [1.54, 1.807) is 0 Å². The molecule has 0 atom stereocenters. The van der Waals surface area contributed by atoms with Crippen molar-refractivity contribution in [1.82, 2.24) is 4.57 Å². The minimum absolute atomic E-state index is 0.108. The van der Waals surface area contributed by atoms with E-state index < -0.39 is 0 Å². The van der Waals surface area contributed by atoms with Crippen molar-refractivity contribution in [1.29, 1.82) is 5.26 Å². The molecule has 0 radical (unpaired) electrons. The van der Waals surface area contributed by atoms with E-state index in [2.05, 4.69) is 131 Å². The smallest absolute Gasteiger partial charge is 0.252 e. The molecular weight excluding hydrogens is 497 g/mol. The lowest BCUT2D eigenvalue weighted by Gasteiger charge is -2.40. The third-order valence-electron chi connectivity index (χ3n) is 8.77. The number of hydrogen-bond acceptors (Lipinski definition) is 2. The molecule has 0 aliphatic carbocycles. The lowest BCUT2D eigenvalue weighted by atomic mass is 9.33. The van der Waals surface area contributed by atoms with Crippen LogP contribution in [0.15, 0.2) is 133 Å². The van der Waals surface area contributed by atoms with E-state index in [-0.39, 0.29) is 6.71 Å². The van der Waals surface area contributed by atoms with Crippen LogP contribution in [0.25, 0.3) is 38.6 Å². The van der Waals surface area contributed by atoms with Crippen LogP contribution in [0.3, 0.4) is 0 Å². The molecule has 0 saturated carbocycles. The Hall–Kier alpha value is -5.53. The maximum atomic E-state index is 9.68. The van der Waals surface area contributed by atoms with Gasteiger partial charge in [0, 0.05) is 39.0 Å². The molecule has 1 aromatic heterocycles. The molecule has 0 fully saturated rings. The number of hydrogen-bond donors (Lipinski definition) is 0. The number of fused-ring (bicyclic) bond motifs is 7. The standard InChI is InChI=1S/C37H22BN3/c39-23-24-10-8-11-25(20-24)26-21-34-36-35(22-26)41-32-18-6-4-14-28(32)29-15-9-17-31(37(29)41)38(36)30-16-5-7-19-33(30)40(34)27-12-2-1-3-13-27/h1-22H. The molecule has 0 spiro atoms. The Morgan fingerprint density at radius 3 is 2.20 bits per heavy atom. The van der Waals surface area contributed by atoms with E-state index in [9.17, 15) is 5.26 Å². The maximum Gasteiger partial charge on any atom is 0.252 e. The van der Waals surface area contributed by atoms with Gasteiger partial charge in [0.15, 0.2) is 0 Å². The van der Waals surface area contributed by atoms with Gasteiger partial charge in [0.2, 0.25) is 0 Å². The first-order valence-corrected chi connectivity index (χ1v) is 14.0. The van der Waals surface area contributed by atoms with E-state index in [0.717, 1.165) is 16.8 Å². The molecule has 0 bridgehead atoms.